The molecule has 242 valence electrons. The Bertz CT molecular complexity index is 2200. The van der Waals surface area contributed by atoms with Gasteiger partial charge in [-0.1, -0.05) is 166 Å². The minimum Gasteiger partial charge on any atom is -0.310 e. The summed E-state index contributed by atoms with van der Waals surface area (Å²) in [6, 6.07) is 63.8. The zero-order valence-corrected chi connectivity index (χ0v) is 28.8. The van der Waals surface area contributed by atoms with Gasteiger partial charge in [-0.3, -0.25) is 0 Å². The highest BCUT2D eigenvalue weighted by atomic mass is 15.1. The van der Waals surface area contributed by atoms with Crippen LogP contribution < -0.4 is 4.90 Å². The molecule has 1 heteroatoms. The standard InChI is InChI=1S/C49H41N/c1-3-49(4-2)47-34-37(21-20-36-22-25-39(26-23-36)41-29-27-40(28-30-41)38-14-8-5-9-15-38)24-32-45(47)46-33-31-44(35-48(46)49)50(42-16-10-6-11-17-42)43-18-12-7-13-19-43/h5-35H,3-4H2,1-2H3/b21-20+. The molecular formula is C49H41N. The highest BCUT2D eigenvalue weighted by molar-refractivity contribution is 5.87. The van der Waals surface area contributed by atoms with Gasteiger partial charge in [0.25, 0.3) is 0 Å². The molecule has 0 saturated carbocycles. The summed E-state index contributed by atoms with van der Waals surface area (Å²) in [6.45, 7) is 4.70. The van der Waals surface area contributed by atoms with E-state index in [4.69, 9.17) is 0 Å². The zero-order valence-electron chi connectivity index (χ0n) is 28.8. The predicted molar refractivity (Wildman–Crippen MR) is 214 cm³/mol. The van der Waals surface area contributed by atoms with Crippen LogP contribution in [0.2, 0.25) is 0 Å². The summed E-state index contributed by atoms with van der Waals surface area (Å²) in [5, 5.41) is 0. The lowest BCUT2D eigenvalue weighted by Crippen LogP contribution is -2.23. The van der Waals surface area contributed by atoms with Gasteiger partial charge in [-0.15, -0.1) is 0 Å². The third-order valence-electron chi connectivity index (χ3n) is 10.6. The van der Waals surface area contributed by atoms with Crippen molar-refractivity contribution in [3.8, 4) is 33.4 Å². The Morgan fingerprint density at radius 3 is 1.36 bits per heavy atom. The van der Waals surface area contributed by atoms with Gasteiger partial charge in [0.15, 0.2) is 0 Å². The molecule has 7 aromatic carbocycles. The first-order chi connectivity index (χ1) is 24.7. The summed E-state index contributed by atoms with van der Waals surface area (Å²) in [7, 11) is 0. The number of nitrogens with zero attached hydrogens (tertiary/aromatic N) is 1. The van der Waals surface area contributed by atoms with Crippen LogP contribution in [-0.2, 0) is 5.41 Å². The highest BCUT2D eigenvalue weighted by Crippen LogP contribution is 2.54. The van der Waals surface area contributed by atoms with Crippen LogP contribution in [0.25, 0.3) is 45.5 Å². The lowest BCUT2D eigenvalue weighted by Gasteiger charge is -2.32. The molecule has 0 radical (unpaired) electrons. The third-order valence-corrected chi connectivity index (χ3v) is 10.6. The maximum atomic E-state index is 2.45. The van der Waals surface area contributed by atoms with E-state index in [2.05, 4.69) is 207 Å². The smallest absolute Gasteiger partial charge is 0.0465 e. The molecule has 1 aliphatic rings. The summed E-state index contributed by atoms with van der Waals surface area (Å²) in [4.78, 5) is 2.37. The van der Waals surface area contributed by atoms with Crippen molar-refractivity contribution in [1.82, 2.24) is 0 Å². The molecule has 0 amide bonds. The Labute approximate surface area is 296 Å². The van der Waals surface area contributed by atoms with E-state index in [1.807, 2.05) is 0 Å². The zero-order chi connectivity index (χ0) is 33.9. The second-order valence-corrected chi connectivity index (χ2v) is 13.2. The molecule has 0 N–H and O–H groups in total. The van der Waals surface area contributed by atoms with Crippen LogP contribution in [0.1, 0.15) is 48.9 Å². The SMILES string of the molecule is CCC1(CC)c2cc(/C=C/c3ccc(-c4ccc(-c5ccccc5)cc4)cc3)ccc2-c2ccc(N(c3ccccc3)c3ccccc3)cc21. The molecule has 1 aliphatic carbocycles. The summed E-state index contributed by atoms with van der Waals surface area (Å²) in [5.41, 5.74) is 16.4. The Balaban J connectivity index is 1.07. The van der Waals surface area contributed by atoms with Gasteiger partial charge in [-0.2, -0.15) is 0 Å². The minimum absolute atomic E-state index is 0.0404. The van der Waals surface area contributed by atoms with Crippen molar-refractivity contribution >= 4 is 29.2 Å². The van der Waals surface area contributed by atoms with Crippen molar-refractivity contribution in [2.45, 2.75) is 32.1 Å². The highest BCUT2D eigenvalue weighted by Gasteiger charge is 2.41. The molecule has 0 saturated heterocycles. The first-order valence-electron chi connectivity index (χ1n) is 17.8. The van der Waals surface area contributed by atoms with E-state index in [-0.39, 0.29) is 5.41 Å². The summed E-state index contributed by atoms with van der Waals surface area (Å²) < 4.78 is 0. The number of hydrogen-bond donors (Lipinski definition) is 0. The summed E-state index contributed by atoms with van der Waals surface area (Å²) >= 11 is 0. The van der Waals surface area contributed by atoms with E-state index in [9.17, 15) is 0 Å². The van der Waals surface area contributed by atoms with E-state index in [1.165, 1.54) is 61.3 Å². The third kappa shape index (κ3) is 5.76. The maximum absolute atomic E-state index is 2.45. The number of rotatable bonds is 9. The molecule has 0 spiro atoms. The van der Waals surface area contributed by atoms with E-state index in [1.54, 1.807) is 0 Å². The molecule has 0 bridgehead atoms. The van der Waals surface area contributed by atoms with Crippen LogP contribution in [0.4, 0.5) is 17.1 Å². The normalized spacial score (nSPS) is 12.8. The van der Waals surface area contributed by atoms with Gasteiger partial charge in [-0.25, -0.2) is 0 Å². The molecule has 1 nitrogen and oxygen atoms in total. The number of fused-ring (bicyclic) bond motifs is 3. The minimum atomic E-state index is -0.0404. The van der Waals surface area contributed by atoms with Crippen LogP contribution >= 0.6 is 0 Å². The van der Waals surface area contributed by atoms with Gasteiger partial charge < -0.3 is 4.90 Å². The second kappa shape index (κ2) is 13.5. The average Bonchev–Trinajstić information content (AvgIpc) is 3.47. The van der Waals surface area contributed by atoms with Crippen molar-refractivity contribution in [2.75, 3.05) is 4.90 Å². The van der Waals surface area contributed by atoms with Gasteiger partial charge in [-0.05, 0) is 105 Å². The van der Waals surface area contributed by atoms with Crippen molar-refractivity contribution in [2.24, 2.45) is 0 Å². The van der Waals surface area contributed by atoms with E-state index < -0.39 is 0 Å². The molecule has 0 unspecified atom stereocenters. The van der Waals surface area contributed by atoms with Gasteiger partial charge in [0.2, 0.25) is 0 Å². The molecule has 8 rings (SSSR count). The van der Waals surface area contributed by atoms with Crippen molar-refractivity contribution in [3.63, 3.8) is 0 Å². The fourth-order valence-corrected chi connectivity index (χ4v) is 7.82. The predicted octanol–water partition coefficient (Wildman–Crippen LogP) is 13.7. The molecule has 0 heterocycles. The van der Waals surface area contributed by atoms with Crippen LogP contribution in [0.5, 0.6) is 0 Å². The van der Waals surface area contributed by atoms with Gasteiger partial charge in [0.05, 0.1) is 0 Å². The van der Waals surface area contributed by atoms with Crippen LogP contribution in [0.15, 0.2) is 176 Å². The van der Waals surface area contributed by atoms with Gasteiger partial charge in [0, 0.05) is 22.5 Å². The number of benzene rings is 7. The molecule has 50 heavy (non-hydrogen) atoms. The molecule has 0 fully saturated rings. The fraction of sp³-hybridized carbons (Fsp3) is 0.102. The molecule has 7 aromatic rings. The quantitative estimate of drug-likeness (QED) is 0.142. The maximum Gasteiger partial charge on any atom is 0.0465 e. The molecule has 0 atom stereocenters. The van der Waals surface area contributed by atoms with E-state index in [0.717, 1.165) is 24.2 Å². The lowest BCUT2D eigenvalue weighted by atomic mass is 9.73. The first-order valence-corrected chi connectivity index (χ1v) is 17.8. The summed E-state index contributed by atoms with van der Waals surface area (Å²) in [5.74, 6) is 0. The fourth-order valence-electron chi connectivity index (χ4n) is 7.82. The second-order valence-electron chi connectivity index (χ2n) is 13.2. The van der Waals surface area contributed by atoms with Crippen molar-refractivity contribution in [1.29, 1.82) is 0 Å². The Kier molecular flexibility index (Phi) is 8.49. The average molecular weight is 644 g/mol. The largest absolute Gasteiger partial charge is 0.310 e. The van der Waals surface area contributed by atoms with Crippen molar-refractivity contribution < 1.29 is 0 Å². The molecule has 0 aliphatic heterocycles. The monoisotopic (exact) mass is 643 g/mol. The Morgan fingerprint density at radius 1 is 0.400 bits per heavy atom. The summed E-state index contributed by atoms with van der Waals surface area (Å²) in [6.07, 6.45) is 6.59. The first kappa shape index (κ1) is 31.4. The Morgan fingerprint density at radius 2 is 0.820 bits per heavy atom. The Hall–Kier alpha value is -5.92. The molecule has 0 aromatic heterocycles. The van der Waals surface area contributed by atoms with Gasteiger partial charge >= 0.3 is 0 Å². The van der Waals surface area contributed by atoms with Crippen LogP contribution in [0.3, 0.4) is 0 Å². The lowest BCUT2D eigenvalue weighted by molar-refractivity contribution is 0.490. The van der Waals surface area contributed by atoms with Crippen molar-refractivity contribution in [3.05, 3.63) is 198 Å². The van der Waals surface area contributed by atoms with Gasteiger partial charge in [0.1, 0.15) is 0 Å². The van der Waals surface area contributed by atoms with Crippen LogP contribution in [0, 0.1) is 0 Å². The van der Waals surface area contributed by atoms with E-state index in [0.29, 0.717) is 0 Å². The molecular weight excluding hydrogens is 603 g/mol. The van der Waals surface area contributed by atoms with Crippen LogP contribution in [-0.4, -0.2) is 0 Å². The topological polar surface area (TPSA) is 3.24 Å². The number of para-hydroxylation sites is 2. The number of hydrogen-bond acceptors (Lipinski definition) is 1. The van der Waals surface area contributed by atoms with E-state index >= 15 is 0 Å². The number of anilines is 3.